The fourth-order valence-corrected chi connectivity index (χ4v) is 4.36. The Bertz CT molecular complexity index is 517. The Labute approximate surface area is 200 Å². The van der Waals surface area contributed by atoms with E-state index in [1.807, 2.05) is 0 Å². The maximum Gasteiger partial charge on any atom is 0.0786 e. The molecule has 3 heteroatoms. The van der Waals surface area contributed by atoms with Crippen LogP contribution in [0, 0.1) is 0 Å². The van der Waals surface area contributed by atoms with Gasteiger partial charge in [-0.2, -0.15) is 0 Å². The second kappa shape index (κ2) is 21.5. The van der Waals surface area contributed by atoms with Crippen molar-refractivity contribution < 1.29 is 14.4 Å². The predicted octanol–water partition coefficient (Wildman–Crippen LogP) is 7.39. The summed E-state index contributed by atoms with van der Waals surface area (Å²) in [5.41, 5.74) is 0.220. The topological polar surface area (TPSA) is 40.1 Å². The van der Waals surface area contributed by atoms with Gasteiger partial charge in [0.2, 0.25) is 0 Å². The number of carbonyl (C=O) groups is 1. The van der Waals surface area contributed by atoms with E-state index in [9.17, 15) is 9.90 Å². The van der Waals surface area contributed by atoms with E-state index in [4.69, 9.17) is 0 Å². The number of quaternary nitrogens is 1. The van der Waals surface area contributed by atoms with Crippen LogP contribution in [0.3, 0.4) is 0 Å². The third-order valence-corrected chi connectivity index (χ3v) is 7.01. The largest absolute Gasteiger partial charge is 0.545 e. The molecule has 1 aromatic carbocycles. The molecule has 0 bridgehead atoms. The van der Waals surface area contributed by atoms with Gasteiger partial charge < -0.3 is 14.4 Å². The van der Waals surface area contributed by atoms with Gasteiger partial charge in [-0.05, 0) is 39.2 Å². The molecule has 3 nitrogen and oxygen atoms in total. The molecule has 186 valence electrons. The summed E-state index contributed by atoms with van der Waals surface area (Å²) in [7, 11) is 0. The molecule has 0 saturated heterocycles. The van der Waals surface area contributed by atoms with Crippen LogP contribution in [-0.4, -0.2) is 36.6 Å². The third-order valence-electron chi connectivity index (χ3n) is 7.01. The fourth-order valence-electron chi connectivity index (χ4n) is 4.36. The molecular weight excluding hydrogens is 394 g/mol. The minimum Gasteiger partial charge on any atom is -0.545 e. The minimum absolute atomic E-state index is 0.220. The summed E-state index contributed by atoms with van der Waals surface area (Å²) < 4.78 is 1.33. The Morgan fingerprint density at radius 3 is 1.31 bits per heavy atom. The first-order valence-corrected chi connectivity index (χ1v) is 13.7. The summed E-state index contributed by atoms with van der Waals surface area (Å²) in [6, 6.07) is 8.06. The van der Waals surface area contributed by atoms with Gasteiger partial charge in [0.25, 0.3) is 0 Å². The number of hydrogen-bond acceptors (Lipinski definition) is 2. The minimum atomic E-state index is -1.13. The SMILES string of the molecule is CCCCCCCCCCCCCCCC[N+](CC)(CC)CC.O=C([O-])c1ccccc1. The van der Waals surface area contributed by atoms with E-state index in [0.29, 0.717) is 0 Å². The Balaban J connectivity index is 0.000000879. The van der Waals surface area contributed by atoms with Gasteiger partial charge >= 0.3 is 0 Å². The summed E-state index contributed by atoms with van der Waals surface area (Å²) in [6.07, 6.45) is 20.5. The zero-order valence-corrected chi connectivity index (χ0v) is 21.9. The van der Waals surface area contributed by atoms with Gasteiger partial charge in [0, 0.05) is 0 Å². The molecule has 0 saturated carbocycles. The Hall–Kier alpha value is -1.35. The Morgan fingerprint density at radius 2 is 1.00 bits per heavy atom. The van der Waals surface area contributed by atoms with Gasteiger partial charge in [-0.25, -0.2) is 0 Å². The van der Waals surface area contributed by atoms with Crippen LogP contribution in [0.4, 0.5) is 0 Å². The standard InChI is InChI=1S/C22H48N.C7H6O2/c1-5-9-10-11-12-13-14-15-16-17-18-19-20-21-22-23(6-2,7-3)8-4;8-7(9)6-4-2-1-3-5-6/h5-22H2,1-4H3;1-5H,(H,8,9)/q+1;/p-1. The zero-order chi connectivity index (χ0) is 23.9. The molecule has 0 fully saturated rings. The van der Waals surface area contributed by atoms with Crippen LogP contribution in [0.25, 0.3) is 0 Å². The highest BCUT2D eigenvalue weighted by Crippen LogP contribution is 2.14. The van der Waals surface area contributed by atoms with E-state index >= 15 is 0 Å². The summed E-state index contributed by atoms with van der Waals surface area (Å²) in [6.45, 7) is 14.7. The lowest BCUT2D eigenvalue weighted by atomic mass is 10.0. The van der Waals surface area contributed by atoms with Gasteiger partial charge in [0.1, 0.15) is 0 Å². The fraction of sp³-hybridized carbons (Fsp3) is 0.759. The van der Waals surface area contributed by atoms with Crippen LogP contribution in [0.1, 0.15) is 128 Å². The van der Waals surface area contributed by atoms with Gasteiger partial charge in [0.15, 0.2) is 0 Å². The van der Waals surface area contributed by atoms with Crippen molar-refractivity contribution in [3.8, 4) is 0 Å². The maximum absolute atomic E-state index is 10.1. The van der Waals surface area contributed by atoms with Crippen molar-refractivity contribution in [3.63, 3.8) is 0 Å². The van der Waals surface area contributed by atoms with Crippen molar-refractivity contribution in [2.75, 3.05) is 26.2 Å². The first kappa shape index (κ1) is 30.6. The van der Waals surface area contributed by atoms with Gasteiger partial charge in [-0.15, -0.1) is 0 Å². The van der Waals surface area contributed by atoms with Crippen molar-refractivity contribution in [1.29, 1.82) is 0 Å². The molecular formula is C29H53NO2. The number of unbranched alkanes of at least 4 members (excludes halogenated alkanes) is 13. The van der Waals surface area contributed by atoms with Gasteiger partial charge in [0.05, 0.1) is 32.1 Å². The van der Waals surface area contributed by atoms with Gasteiger partial charge in [-0.3, -0.25) is 0 Å². The van der Waals surface area contributed by atoms with Crippen LogP contribution in [0.15, 0.2) is 30.3 Å². The molecule has 0 atom stereocenters. The summed E-state index contributed by atoms with van der Waals surface area (Å²) in [5.74, 6) is -1.13. The van der Waals surface area contributed by atoms with E-state index in [2.05, 4.69) is 27.7 Å². The molecule has 0 N–H and O–H groups in total. The Kier molecular flexibility index (Phi) is 20.6. The van der Waals surface area contributed by atoms with Crippen molar-refractivity contribution in [3.05, 3.63) is 35.9 Å². The molecule has 0 radical (unpaired) electrons. The average Bonchev–Trinajstić information content (AvgIpc) is 2.83. The molecule has 0 unspecified atom stereocenters. The van der Waals surface area contributed by atoms with E-state index in [-0.39, 0.29) is 5.56 Å². The maximum atomic E-state index is 10.1. The van der Waals surface area contributed by atoms with Crippen LogP contribution in [0.5, 0.6) is 0 Å². The highest BCUT2D eigenvalue weighted by Gasteiger charge is 2.19. The quantitative estimate of drug-likeness (QED) is 0.164. The normalized spacial score (nSPS) is 11.1. The summed E-state index contributed by atoms with van der Waals surface area (Å²) in [5, 5.41) is 10.1. The molecule has 0 aliphatic carbocycles. The predicted molar refractivity (Wildman–Crippen MR) is 138 cm³/mol. The smallest absolute Gasteiger partial charge is 0.0786 e. The van der Waals surface area contributed by atoms with Crippen molar-refractivity contribution in [2.45, 2.75) is 118 Å². The highest BCUT2D eigenvalue weighted by molar-refractivity contribution is 5.85. The number of rotatable bonds is 19. The lowest BCUT2D eigenvalue weighted by Crippen LogP contribution is -2.48. The second-order valence-electron chi connectivity index (χ2n) is 9.26. The van der Waals surface area contributed by atoms with E-state index in [1.165, 1.54) is 133 Å². The molecule has 1 rings (SSSR count). The first-order chi connectivity index (χ1) is 15.5. The van der Waals surface area contributed by atoms with Gasteiger partial charge in [-0.1, -0.05) is 114 Å². The molecule has 0 aliphatic rings. The van der Waals surface area contributed by atoms with Crippen LogP contribution < -0.4 is 5.11 Å². The lowest BCUT2D eigenvalue weighted by molar-refractivity contribution is -0.923. The number of hydrogen-bond donors (Lipinski definition) is 0. The van der Waals surface area contributed by atoms with Crippen LogP contribution in [0.2, 0.25) is 0 Å². The molecule has 0 aliphatic heterocycles. The summed E-state index contributed by atoms with van der Waals surface area (Å²) >= 11 is 0. The number of nitrogens with zero attached hydrogens (tertiary/aromatic N) is 1. The van der Waals surface area contributed by atoms with E-state index in [0.717, 1.165) is 0 Å². The van der Waals surface area contributed by atoms with Crippen LogP contribution >= 0.6 is 0 Å². The van der Waals surface area contributed by atoms with E-state index < -0.39 is 5.97 Å². The lowest BCUT2D eigenvalue weighted by Gasteiger charge is -2.35. The molecule has 32 heavy (non-hydrogen) atoms. The van der Waals surface area contributed by atoms with E-state index in [1.54, 1.807) is 18.2 Å². The molecule has 0 heterocycles. The number of carboxylic acids is 1. The zero-order valence-electron chi connectivity index (χ0n) is 21.9. The first-order valence-electron chi connectivity index (χ1n) is 13.7. The summed E-state index contributed by atoms with van der Waals surface area (Å²) in [4.78, 5) is 10.1. The molecule has 0 spiro atoms. The third kappa shape index (κ3) is 16.3. The molecule has 0 aromatic heterocycles. The molecule has 0 amide bonds. The monoisotopic (exact) mass is 447 g/mol. The van der Waals surface area contributed by atoms with Crippen molar-refractivity contribution in [1.82, 2.24) is 0 Å². The number of aromatic carboxylic acids is 1. The number of carboxylic acid groups (broad SMARTS) is 1. The van der Waals surface area contributed by atoms with Crippen LogP contribution in [-0.2, 0) is 0 Å². The number of carbonyl (C=O) groups excluding carboxylic acids is 1. The van der Waals surface area contributed by atoms with Crippen molar-refractivity contribution in [2.24, 2.45) is 0 Å². The average molecular weight is 448 g/mol. The second-order valence-corrected chi connectivity index (χ2v) is 9.26. The molecule has 1 aromatic rings. The Morgan fingerprint density at radius 1 is 0.625 bits per heavy atom. The van der Waals surface area contributed by atoms with Crippen molar-refractivity contribution >= 4 is 5.97 Å². The highest BCUT2D eigenvalue weighted by atomic mass is 16.4. The number of benzene rings is 1.